The third kappa shape index (κ3) is 2.08. The van der Waals surface area contributed by atoms with Crippen molar-refractivity contribution in [3.8, 4) is 5.75 Å². The minimum Gasteiger partial charge on any atom is -0.495 e. The van der Waals surface area contributed by atoms with Crippen molar-refractivity contribution in [3.05, 3.63) is 36.2 Å². The number of aromatic amines is 1. The minimum atomic E-state index is 0.615. The molecular formula is C11H14N4O. The summed E-state index contributed by atoms with van der Waals surface area (Å²) in [5, 5.41) is 9.95. The van der Waals surface area contributed by atoms with Crippen LogP contribution < -0.4 is 15.8 Å². The topological polar surface area (TPSA) is 76.0 Å². The van der Waals surface area contributed by atoms with Gasteiger partial charge in [0.05, 0.1) is 30.7 Å². The van der Waals surface area contributed by atoms with Gasteiger partial charge in [0, 0.05) is 6.20 Å². The number of ether oxygens (including phenoxy) is 1. The van der Waals surface area contributed by atoms with E-state index in [1.165, 1.54) is 0 Å². The van der Waals surface area contributed by atoms with Gasteiger partial charge in [0.25, 0.3) is 0 Å². The van der Waals surface area contributed by atoms with Crippen molar-refractivity contribution in [1.82, 2.24) is 10.2 Å². The molecule has 0 aliphatic heterocycles. The Morgan fingerprint density at radius 3 is 3.00 bits per heavy atom. The Kier molecular flexibility index (Phi) is 2.95. The van der Waals surface area contributed by atoms with E-state index in [1.807, 2.05) is 24.3 Å². The summed E-state index contributed by atoms with van der Waals surface area (Å²) in [6.07, 6.45) is 1.71. The number of para-hydroxylation sites is 1. The highest BCUT2D eigenvalue weighted by Crippen LogP contribution is 2.28. The highest BCUT2D eigenvalue weighted by atomic mass is 16.5. The van der Waals surface area contributed by atoms with E-state index >= 15 is 0 Å². The van der Waals surface area contributed by atoms with E-state index in [1.54, 1.807) is 13.3 Å². The van der Waals surface area contributed by atoms with E-state index in [0.717, 1.165) is 11.4 Å². The largest absolute Gasteiger partial charge is 0.495 e. The highest BCUT2D eigenvalue weighted by molar-refractivity contribution is 5.72. The fourth-order valence-corrected chi connectivity index (χ4v) is 1.45. The normalized spacial score (nSPS) is 10.1. The average molecular weight is 218 g/mol. The van der Waals surface area contributed by atoms with Crippen LogP contribution in [0.15, 0.2) is 30.5 Å². The number of methoxy groups -OCH3 is 1. The van der Waals surface area contributed by atoms with Crippen LogP contribution >= 0.6 is 0 Å². The average Bonchev–Trinajstić information content (AvgIpc) is 2.81. The zero-order valence-corrected chi connectivity index (χ0v) is 9.03. The number of anilines is 2. The molecule has 2 aromatic rings. The molecule has 0 saturated carbocycles. The van der Waals surface area contributed by atoms with Gasteiger partial charge in [0.1, 0.15) is 5.75 Å². The van der Waals surface area contributed by atoms with Crippen LogP contribution in [-0.4, -0.2) is 17.3 Å². The molecule has 5 heteroatoms. The summed E-state index contributed by atoms with van der Waals surface area (Å²) < 4.78 is 5.14. The molecule has 16 heavy (non-hydrogen) atoms. The standard InChI is InChI=1S/C11H14N4O/c1-16-10-4-2-3-9(11(10)12)13-7-8-5-6-14-15-8/h2-6,13H,7,12H2,1H3,(H,14,15). The van der Waals surface area contributed by atoms with Crippen LogP contribution in [0.2, 0.25) is 0 Å². The van der Waals surface area contributed by atoms with Gasteiger partial charge in [-0.05, 0) is 18.2 Å². The smallest absolute Gasteiger partial charge is 0.143 e. The lowest BCUT2D eigenvalue weighted by Crippen LogP contribution is -2.03. The van der Waals surface area contributed by atoms with Crippen LogP contribution in [0.1, 0.15) is 5.69 Å². The fraction of sp³-hybridized carbons (Fsp3) is 0.182. The van der Waals surface area contributed by atoms with Crippen molar-refractivity contribution in [2.24, 2.45) is 0 Å². The molecule has 1 aromatic carbocycles. The maximum atomic E-state index is 5.92. The summed E-state index contributed by atoms with van der Waals surface area (Å²) in [6.45, 7) is 0.650. The Labute approximate surface area is 93.6 Å². The van der Waals surface area contributed by atoms with Gasteiger partial charge in [0.15, 0.2) is 0 Å². The number of aromatic nitrogens is 2. The zero-order chi connectivity index (χ0) is 11.4. The zero-order valence-electron chi connectivity index (χ0n) is 9.03. The van der Waals surface area contributed by atoms with Crippen molar-refractivity contribution in [2.75, 3.05) is 18.2 Å². The third-order valence-electron chi connectivity index (χ3n) is 2.31. The number of nitrogens with one attached hydrogen (secondary N) is 2. The first kappa shape index (κ1) is 10.4. The number of hydrogen-bond acceptors (Lipinski definition) is 4. The van der Waals surface area contributed by atoms with Crippen LogP contribution in [-0.2, 0) is 6.54 Å². The lowest BCUT2D eigenvalue weighted by Gasteiger charge is -2.11. The Balaban J connectivity index is 2.09. The molecule has 0 atom stereocenters. The van der Waals surface area contributed by atoms with Gasteiger partial charge in [-0.25, -0.2) is 0 Å². The van der Waals surface area contributed by atoms with Gasteiger partial charge >= 0.3 is 0 Å². The first-order chi connectivity index (χ1) is 7.81. The van der Waals surface area contributed by atoms with Crippen LogP contribution in [0.3, 0.4) is 0 Å². The number of benzene rings is 1. The van der Waals surface area contributed by atoms with Gasteiger partial charge in [-0.1, -0.05) is 6.07 Å². The molecule has 0 spiro atoms. The van der Waals surface area contributed by atoms with E-state index in [9.17, 15) is 0 Å². The van der Waals surface area contributed by atoms with Crippen molar-refractivity contribution in [3.63, 3.8) is 0 Å². The molecule has 0 unspecified atom stereocenters. The van der Waals surface area contributed by atoms with Gasteiger partial charge in [0.2, 0.25) is 0 Å². The van der Waals surface area contributed by atoms with E-state index in [4.69, 9.17) is 10.5 Å². The molecule has 84 valence electrons. The van der Waals surface area contributed by atoms with Crippen molar-refractivity contribution in [1.29, 1.82) is 0 Å². The summed E-state index contributed by atoms with van der Waals surface area (Å²) >= 11 is 0. The van der Waals surface area contributed by atoms with Crippen LogP contribution in [0.5, 0.6) is 5.75 Å². The molecular weight excluding hydrogens is 204 g/mol. The molecule has 0 aliphatic rings. The molecule has 0 saturated heterocycles. The van der Waals surface area contributed by atoms with Gasteiger partial charge in [-0.3, -0.25) is 5.10 Å². The van der Waals surface area contributed by atoms with Gasteiger partial charge in [-0.2, -0.15) is 5.10 Å². The number of H-pyrrole nitrogens is 1. The van der Waals surface area contributed by atoms with E-state index < -0.39 is 0 Å². The second kappa shape index (κ2) is 4.57. The number of nitrogens with two attached hydrogens (primary N) is 1. The van der Waals surface area contributed by atoms with Crippen molar-refractivity contribution < 1.29 is 4.74 Å². The Bertz CT molecular complexity index is 453. The second-order valence-electron chi connectivity index (χ2n) is 3.36. The van der Waals surface area contributed by atoms with E-state index in [-0.39, 0.29) is 0 Å². The van der Waals surface area contributed by atoms with Crippen LogP contribution in [0, 0.1) is 0 Å². The SMILES string of the molecule is COc1cccc(NCc2ccn[nH]2)c1N. The monoisotopic (exact) mass is 218 g/mol. The van der Waals surface area contributed by atoms with Crippen LogP contribution in [0.25, 0.3) is 0 Å². The predicted octanol–water partition coefficient (Wildman–Crippen LogP) is 1.61. The molecule has 0 radical (unpaired) electrons. The Morgan fingerprint density at radius 2 is 2.31 bits per heavy atom. The van der Waals surface area contributed by atoms with Crippen LogP contribution in [0.4, 0.5) is 11.4 Å². The van der Waals surface area contributed by atoms with Crippen molar-refractivity contribution >= 4 is 11.4 Å². The number of rotatable bonds is 4. The maximum Gasteiger partial charge on any atom is 0.143 e. The maximum absolute atomic E-state index is 5.92. The number of hydrogen-bond donors (Lipinski definition) is 3. The lowest BCUT2D eigenvalue weighted by molar-refractivity contribution is 0.417. The van der Waals surface area contributed by atoms with Gasteiger partial charge in [-0.15, -0.1) is 0 Å². The molecule has 1 aromatic heterocycles. The summed E-state index contributed by atoms with van der Waals surface area (Å²) in [4.78, 5) is 0. The van der Waals surface area contributed by atoms with E-state index in [0.29, 0.717) is 18.0 Å². The predicted molar refractivity (Wildman–Crippen MR) is 63.3 cm³/mol. The van der Waals surface area contributed by atoms with E-state index in [2.05, 4.69) is 15.5 Å². The highest BCUT2D eigenvalue weighted by Gasteiger charge is 2.04. The summed E-state index contributed by atoms with van der Waals surface area (Å²) in [5.74, 6) is 0.676. The first-order valence-electron chi connectivity index (χ1n) is 4.96. The fourth-order valence-electron chi connectivity index (χ4n) is 1.45. The first-order valence-corrected chi connectivity index (χ1v) is 4.96. The second-order valence-corrected chi connectivity index (χ2v) is 3.36. The molecule has 0 fully saturated rings. The Hall–Kier alpha value is -2.17. The molecule has 1 heterocycles. The number of nitrogens with zero attached hydrogens (tertiary/aromatic N) is 1. The summed E-state index contributed by atoms with van der Waals surface area (Å²) in [5.41, 5.74) is 8.39. The molecule has 0 aliphatic carbocycles. The van der Waals surface area contributed by atoms with Crippen molar-refractivity contribution in [2.45, 2.75) is 6.54 Å². The molecule has 2 rings (SSSR count). The molecule has 0 bridgehead atoms. The Morgan fingerprint density at radius 1 is 1.44 bits per heavy atom. The number of nitrogen functional groups attached to an aromatic ring is 1. The van der Waals surface area contributed by atoms with Gasteiger partial charge < -0.3 is 15.8 Å². The molecule has 0 amide bonds. The third-order valence-corrected chi connectivity index (χ3v) is 2.31. The molecule has 5 nitrogen and oxygen atoms in total. The lowest BCUT2D eigenvalue weighted by atomic mass is 10.2. The summed E-state index contributed by atoms with van der Waals surface area (Å²) in [7, 11) is 1.60. The molecule has 4 N–H and O–H groups in total. The minimum absolute atomic E-state index is 0.615. The quantitative estimate of drug-likeness (QED) is 0.681. The summed E-state index contributed by atoms with van der Waals surface area (Å²) in [6, 6.07) is 7.54.